The second-order valence-electron chi connectivity index (χ2n) is 8.15. The van der Waals surface area contributed by atoms with E-state index in [0.717, 1.165) is 32.3 Å². The molecule has 0 aromatic rings. The smallest absolute Gasteiger partial charge is 0.0468 e. The summed E-state index contributed by atoms with van der Waals surface area (Å²) >= 11 is 0. The largest absolute Gasteiger partial charge is 0.381 e. The summed E-state index contributed by atoms with van der Waals surface area (Å²) in [6.07, 6.45) is 21.4. The molecule has 0 aliphatic heterocycles. The number of rotatable bonds is 22. The summed E-state index contributed by atoms with van der Waals surface area (Å²) in [4.78, 5) is 0. The number of unbranched alkanes of at least 4 members (excludes halogenated alkanes) is 12. The van der Waals surface area contributed by atoms with Crippen molar-refractivity contribution in [1.82, 2.24) is 0 Å². The van der Waals surface area contributed by atoms with Gasteiger partial charge in [0.05, 0.1) is 0 Å². The summed E-state index contributed by atoms with van der Waals surface area (Å²) in [6, 6.07) is 0. The Bertz CT molecular complexity index is 218. The first-order valence-corrected chi connectivity index (χ1v) is 12.0. The topological polar surface area (TPSA) is 18.5 Å². The molecule has 0 bridgehead atoms. The van der Waals surface area contributed by atoms with Gasteiger partial charge in [-0.3, -0.25) is 0 Å². The first-order chi connectivity index (χ1) is 12.8. The molecule has 0 saturated heterocycles. The van der Waals surface area contributed by atoms with E-state index >= 15 is 0 Å². The van der Waals surface area contributed by atoms with Crippen molar-refractivity contribution >= 4 is 0 Å². The molecule has 0 unspecified atom stereocenters. The molecular weight excluding hydrogens is 320 g/mol. The lowest BCUT2D eigenvalue weighted by atomic mass is 10.1. The zero-order valence-electron chi connectivity index (χ0n) is 18.5. The van der Waals surface area contributed by atoms with Crippen LogP contribution in [0, 0.1) is 5.92 Å². The van der Waals surface area contributed by atoms with Crippen LogP contribution in [0.2, 0.25) is 0 Å². The van der Waals surface area contributed by atoms with Gasteiger partial charge < -0.3 is 9.47 Å². The van der Waals surface area contributed by atoms with Crippen LogP contribution in [0.3, 0.4) is 0 Å². The van der Waals surface area contributed by atoms with Gasteiger partial charge >= 0.3 is 0 Å². The summed E-state index contributed by atoms with van der Waals surface area (Å²) in [5.41, 5.74) is 0. The summed E-state index contributed by atoms with van der Waals surface area (Å²) in [7, 11) is 0. The maximum absolute atomic E-state index is 5.79. The fourth-order valence-corrected chi connectivity index (χ4v) is 3.24. The minimum absolute atomic E-state index is 0.720. The molecule has 0 saturated carbocycles. The van der Waals surface area contributed by atoms with Crippen molar-refractivity contribution in [3.8, 4) is 0 Å². The Labute approximate surface area is 165 Å². The highest BCUT2D eigenvalue weighted by atomic mass is 16.5. The van der Waals surface area contributed by atoms with E-state index in [0.29, 0.717) is 0 Å². The minimum atomic E-state index is 0.720. The van der Waals surface area contributed by atoms with Crippen LogP contribution in [-0.2, 0) is 9.47 Å². The fraction of sp³-hybridized carbons (Fsp3) is 1.00. The quantitative estimate of drug-likeness (QED) is 0.180. The third-order valence-corrected chi connectivity index (χ3v) is 5.29. The molecule has 158 valence electrons. The van der Waals surface area contributed by atoms with Gasteiger partial charge in [0.15, 0.2) is 0 Å². The maximum Gasteiger partial charge on any atom is 0.0468 e. The maximum atomic E-state index is 5.79. The molecule has 2 heteroatoms. The van der Waals surface area contributed by atoms with Gasteiger partial charge in [-0.2, -0.15) is 0 Å². The average Bonchev–Trinajstić information content (AvgIpc) is 2.64. The van der Waals surface area contributed by atoms with Gasteiger partial charge in [-0.05, 0) is 31.6 Å². The van der Waals surface area contributed by atoms with E-state index in [2.05, 4.69) is 20.8 Å². The molecule has 0 N–H and O–H groups in total. The molecule has 0 spiro atoms. The normalized spacial score (nSPS) is 11.5. The Balaban J connectivity index is 3.12. The number of ether oxygens (including phenoxy) is 2. The first-order valence-electron chi connectivity index (χ1n) is 12.0. The summed E-state index contributed by atoms with van der Waals surface area (Å²) < 4.78 is 11.6. The molecule has 26 heavy (non-hydrogen) atoms. The zero-order chi connectivity index (χ0) is 19.1. The highest BCUT2D eigenvalue weighted by molar-refractivity contribution is 4.53. The number of hydrogen-bond acceptors (Lipinski definition) is 2. The lowest BCUT2D eigenvalue weighted by Gasteiger charge is -2.12. The summed E-state index contributed by atoms with van der Waals surface area (Å²) in [5, 5.41) is 0. The summed E-state index contributed by atoms with van der Waals surface area (Å²) in [6.45, 7) is 10.6. The van der Waals surface area contributed by atoms with Gasteiger partial charge in [0.2, 0.25) is 0 Å². The number of hydrogen-bond donors (Lipinski definition) is 0. The molecule has 0 aliphatic rings. The van der Waals surface area contributed by atoms with Gasteiger partial charge in [-0.1, -0.05) is 97.8 Å². The SMILES string of the molecule is CCCCCCCCCOCCC(C)CCOCCCCCCCCC. The van der Waals surface area contributed by atoms with E-state index in [-0.39, 0.29) is 0 Å². The average molecular weight is 371 g/mol. The van der Waals surface area contributed by atoms with Crippen LogP contribution >= 0.6 is 0 Å². The predicted molar refractivity (Wildman–Crippen MR) is 116 cm³/mol. The lowest BCUT2D eigenvalue weighted by molar-refractivity contribution is 0.0961. The molecular formula is C24H50O2. The summed E-state index contributed by atoms with van der Waals surface area (Å²) in [5.74, 6) is 0.720. The van der Waals surface area contributed by atoms with Crippen LogP contribution in [-0.4, -0.2) is 26.4 Å². The van der Waals surface area contributed by atoms with Gasteiger partial charge in [0, 0.05) is 26.4 Å². The van der Waals surface area contributed by atoms with Gasteiger partial charge in [0.1, 0.15) is 0 Å². The van der Waals surface area contributed by atoms with Crippen LogP contribution in [0.5, 0.6) is 0 Å². The van der Waals surface area contributed by atoms with Crippen LogP contribution in [0.4, 0.5) is 0 Å². The standard InChI is InChI=1S/C24H50O2/c1-4-6-8-10-12-14-16-20-25-22-18-24(3)19-23-26-21-17-15-13-11-9-7-5-2/h24H,4-23H2,1-3H3. The molecule has 0 aliphatic carbocycles. The highest BCUT2D eigenvalue weighted by Gasteiger charge is 2.02. The van der Waals surface area contributed by atoms with Crippen molar-refractivity contribution in [3.63, 3.8) is 0 Å². The first kappa shape index (κ1) is 25.9. The van der Waals surface area contributed by atoms with Crippen molar-refractivity contribution in [1.29, 1.82) is 0 Å². The molecule has 0 aromatic carbocycles. The lowest BCUT2D eigenvalue weighted by Crippen LogP contribution is -2.07. The highest BCUT2D eigenvalue weighted by Crippen LogP contribution is 2.10. The van der Waals surface area contributed by atoms with Crippen molar-refractivity contribution in [3.05, 3.63) is 0 Å². The molecule has 0 heterocycles. The van der Waals surface area contributed by atoms with Gasteiger partial charge in [-0.25, -0.2) is 0 Å². The minimum Gasteiger partial charge on any atom is -0.381 e. The van der Waals surface area contributed by atoms with Crippen molar-refractivity contribution in [2.45, 2.75) is 124 Å². The van der Waals surface area contributed by atoms with E-state index in [9.17, 15) is 0 Å². The third kappa shape index (κ3) is 22.0. The predicted octanol–water partition coefficient (Wildman–Crippen LogP) is 7.94. The molecule has 0 radical (unpaired) electrons. The fourth-order valence-electron chi connectivity index (χ4n) is 3.24. The van der Waals surface area contributed by atoms with Crippen molar-refractivity contribution < 1.29 is 9.47 Å². The van der Waals surface area contributed by atoms with Crippen LogP contribution in [0.15, 0.2) is 0 Å². The Morgan fingerprint density at radius 1 is 0.462 bits per heavy atom. The molecule has 0 amide bonds. The molecule has 0 fully saturated rings. The van der Waals surface area contributed by atoms with Gasteiger partial charge in [-0.15, -0.1) is 0 Å². The third-order valence-electron chi connectivity index (χ3n) is 5.29. The molecule has 0 aromatic heterocycles. The Morgan fingerprint density at radius 3 is 1.19 bits per heavy atom. The molecule has 2 nitrogen and oxygen atoms in total. The second-order valence-corrected chi connectivity index (χ2v) is 8.15. The van der Waals surface area contributed by atoms with Gasteiger partial charge in [0.25, 0.3) is 0 Å². The van der Waals surface area contributed by atoms with Crippen molar-refractivity contribution in [2.75, 3.05) is 26.4 Å². The second kappa shape index (κ2) is 23.0. The van der Waals surface area contributed by atoms with E-state index in [1.807, 2.05) is 0 Å². The van der Waals surface area contributed by atoms with Crippen LogP contribution in [0.1, 0.15) is 124 Å². The molecule has 0 rings (SSSR count). The van der Waals surface area contributed by atoms with E-state index < -0.39 is 0 Å². The molecule has 0 atom stereocenters. The Kier molecular flexibility index (Phi) is 22.9. The Hall–Kier alpha value is -0.0800. The van der Waals surface area contributed by atoms with Crippen molar-refractivity contribution in [2.24, 2.45) is 5.92 Å². The van der Waals surface area contributed by atoms with E-state index in [1.165, 1.54) is 103 Å². The van der Waals surface area contributed by atoms with Crippen LogP contribution < -0.4 is 0 Å². The zero-order valence-corrected chi connectivity index (χ0v) is 18.5. The monoisotopic (exact) mass is 370 g/mol. The van der Waals surface area contributed by atoms with E-state index in [1.54, 1.807) is 0 Å². The Morgan fingerprint density at radius 2 is 0.808 bits per heavy atom. The van der Waals surface area contributed by atoms with Crippen LogP contribution in [0.25, 0.3) is 0 Å². The van der Waals surface area contributed by atoms with E-state index in [4.69, 9.17) is 9.47 Å².